The molecule has 1 saturated heterocycles. The zero-order valence-electron chi connectivity index (χ0n) is 22.4. The number of hydrogen-bond donors (Lipinski definition) is 3. The van der Waals surface area contributed by atoms with Crippen LogP contribution in [0.15, 0.2) is 22.9 Å². The number of allylic oxidation sites excluding steroid dienone is 1. The molecule has 0 aromatic rings. The van der Waals surface area contributed by atoms with Crippen LogP contribution in [-0.2, 0) is 33.4 Å². The first-order chi connectivity index (χ1) is 17.8. The Labute approximate surface area is 221 Å². The molecular weight excluding hydrogens is 498 g/mol. The molecule has 0 amide bonds. The Hall–Kier alpha value is -2.60. The maximum Gasteiger partial charge on any atom is 0.336 e. The molecular formula is C27H37NO10. The Morgan fingerprint density at radius 3 is 2.55 bits per heavy atom. The standard InChI is InChI=1S/C27H37NO10/c1-13(30)37-17-8-26(2)16(6-7-18(26)32)20-22(17)27(3)19(12-36-5)38-25(35)15(21(27)24(34)23(20)33)10-28(4)9-14(31)11-29/h10,14,16-19,21,29,31-32H,6-9,11-12H2,1-5H3/b15-10+/t14?,16?,17-,18+,19-,21?,26+,27+/m1/s1. The molecule has 38 heavy (non-hydrogen) atoms. The summed E-state index contributed by atoms with van der Waals surface area (Å²) in [6.45, 7) is 4.23. The third-order valence-electron chi connectivity index (χ3n) is 8.94. The molecule has 11 heteroatoms. The second-order valence-corrected chi connectivity index (χ2v) is 11.4. The van der Waals surface area contributed by atoms with E-state index in [1.165, 1.54) is 25.1 Å². The number of cyclic esters (lactones) is 1. The van der Waals surface area contributed by atoms with Gasteiger partial charge in [-0.25, -0.2) is 4.79 Å². The van der Waals surface area contributed by atoms with Gasteiger partial charge in [0.05, 0.1) is 36.9 Å². The van der Waals surface area contributed by atoms with Crippen LogP contribution in [0, 0.1) is 22.7 Å². The Morgan fingerprint density at radius 2 is 1.95 bits per heavy atom. The SMILES string of the molecule is COC[C@H]1OC(=O)/C(=C/N(C)CC(O)CO)C2C(=O)C(=O)C3=C([C@H](OC(C)=O)C[C@@]4(C)C3CC[C@@H]4O)[C@]21C. The van der Waals surface area contributed by atoms with E-state index in [9.17, 15) is 34.5 Å². The fourth-order valence-electron chi connectivity index (χ4n) is 7.17. The van der Waals surface area contributed by atoms with Gasteiger partial charge < -0.3 is 34.4 Å². The summed E-state index contributed by atoms with van der Waals surface area (Å²) < 4.78 is 17.0. The predicted octanol–water partition coefficient (Wildman–Crippen LogP) is -0.0894. The number of aliphatic hydroxyl groups is 3. The molecule has 3 unspecified atom stereocenters. The third-order valence-corrected chi connectivity index (χ3v) is 8.94. The number of fused-ring (bicyclic) bond motifs is 4. The van der Waals surface area contributed by atoms with Gasteiger partial charge in [0.25, 0.3) is 0 Å². The van der Waals surface area contributed by atoms with E-state index in [0.29, 0.717) is 18.4 Å². The maximum atomic E-state index is 13.9. The largest absolute Gasteiger partial charge is 0.458 e. The minimum atomic E-state index is -1.29. The summed E-state index contributed by atoms with van der Waals surface area (Å²) in [5, 5.41) is 30.0. The highest BCUT2D eigenvalue weighted by Gasteiger charge is 2.67. The van der Waals surface area contributed by atoms with Gasteiger partial charge in [-0.3, -0.25) is 14.4 Å². The Morgan fingerprint density at radius 1 is 1.26 bits per heavy atom. The highest BCUT2D eigenvalue weighted by atomic mass is 16.6. The zero-order valence-corrected chi connectivity index (χ0v) is 22.4. The third kappa shape index (κ3) is 4.29. The smallest absolute Gasteiger partial charge is 0.336 e. The molecule has 0 bridgehead atoms. The number of aliphatic hydroxyl groups excluding tert-OH is 3. The van der Waals surface area contributed by atoms with Crippen LogP contribution in [-0.4, -0.2) is 102 Å². The number of ether oxygens (including phenoxy) is 3. The topological polar surface area (TPSA) is 160 Å². The van der Waals surface area contributed by atoms with Crippen molar-refractivity contribution in [3.63, 3.8) is 0 Å². The average Bonchev–Trinajstić information content (AvgIpc) is 3.13. The molecule has 0 spiro atoms. The number of ketones is 2. The molecule has 2 fully saturated rings. The number of carbonyl (C=O) groups is 4. The predicted molar refractivity (Wildman–Crippen MR) is 131 cm³/mol. The summed E-state index contributed by atoms with van der Waals surface area (Å²) in [7, 11) is 2.99. The van der Waals surface area contributed by atoms with Crippen molar-refractivity contribution in [3.05, 3.63) is 22.9 Å². The molecule has 4 rings (SSSR count). The minimum absolute atomic E-state index is 0.0390. The number of rotatable bonds is 7. The maximum absolute atomic E-state index is 13.9. The number of carbonyl (C=O) groups excluding carboxylic acids is 4. The van der Waals surface area contributed by atoms with Crippen molar-refractivity contribution in [2.24, 2.45) is 22.7 Å². The van der Waals surface area contributed by atoms with E-state index in [2.05, 4.69) is 0 Å². The summed E-state index contributed by atoms with van der Waals surface area (Å²) in [5.74, 6) is -4.59. The molecule has 3 aliphatic carbocycles. The van der Waals surface area contributed by atoms with Crippen molar-refractivity contribution < 1.29 is 48.7 Å². The van der Waals surface area contributed by atoms with Gasteiger partial charge in [0.15, 0.2) is 0 Å². The van der Waals surface area contributed by atoms with Gasteiger partial charge in [0.1, 0.15) is 12.2 Å². The first-order valence-electron chi connectivity index (χ1n) is 12.9. The van der Waals surface area contributed by atoms with Crippen LogP contribution >= 0.6 is 0 Å². The van der Waals surface area contributed by atoms with Crippen LogP contribution in [0.4, 0.5) is 0 Å². The van der Waals surface area contributed by atoms with Crippen molar-refractivity contribution in [1.82, 2.24) is 4.90 Å². The summed E-state index contributed by atoms with van der Waals surface area (Å²) in [4.78, 5) is 54.7. The molecule has 1 saturated carbocycles. The van der Waals surface area contributed by atoms with E-state index in [4.69, 9.17) is 14.2 Å². The number of hydrogen-bond acceptors (Lipinski definition) is 11. The van der Waals surface area contributed by atoms with Crippen LogP contribution in [0.3, 0.4) is 0 Å². The van der Waals surface area contributed by atoms with E-state index in [0.717, 1.165) is 0 Å². The van der Waals surface area contributed by atoms with Crippen molar-refractivity contribution in [3.8, 4) is 0 Å². The van der Waals surface area contributed by atoms with E-state index in [1.807, 2.05) is 6.92 Å². The van der Waals surface area contributed by atoms with Gasteiger partial charge in [0.2, 0.25) is 11.6 Å². The van der Waals surface area contributed by atoms with Crippen molar-refractivity contribution in [1.29, 1.82) is 0 Å². The molecule has 4 aliphatic rings. The second-order valence-electron chi connectivity index (χ2n) is 11.4. The highest BCUT2D eigenvalue weighted by molar-refractivity contribution is 6.47. The van der Waals surface area contributed by atoms with Gasteiger partial charge in [-0.1, -0.05) is 13.8 Å². The summed E-state index contributed by atoms with van der Waals surface area (Å²) in [6, 6.07) is 0. The lowest BCUT2D eigenvalue weighted by molar-refractivity contribution is -0.175. The summed E-state index contributed by atoms with van der Waals surface area (Å²) >= 11 is 0. The molecule has 11 nitrogen and oxygen atoms in total. The summed E-state index contributed by atoms with van der Waals surface area (Å²) in [6.07, 6.45) is -1.20. The molecule has 8 atom stereocenters. The molecule has 3 N–H and O–H groups in total. The molecule has 0 aromatic carbocycles. The van der Waals surface area contributed by atoms with Gasteiger partial charge in [-0.15, -0.1) is 0 Å². The monoisotopic (exact) mass is 535 g/mol. The minimum Gasteiger partial charge on any atom is -0.458 e. The summed E-state index contributed by atoms with van der Waals surface area (Å²) in [5.41, 5.74) is -1.45. The van der Waals surface area contributed by atoms with Crippen LogP contribution in [0.2, 0.25) is 0 Å². The normalized spacial score (nSPS) is 38.4. The van der Waals surface area contributed by atoms with Crippen molar-refractivity contribution in [2.45, 2.75) is 64.4 Å². The lowest BCUT2D eigenvalue weighted by Gasteiger charge is -2.56. The van der Waals surface area contributed by atoms with Crippen LogP contribution in [0.5, 0.6) is 0 Å². The Balaban J connectivity index is 1.96. The van der Waals surface area contributed by atoms with Gasteiger partial charge >= 0.3 is 11.9 Å². The Kier molecular flexibility index (Phi) is 7.61. The number of likely N-dealkylation sites (N-methyl/N-ethyl adjacent to an activating group) is 1. The zero-order chi connectivity index (χ0) is 28.2. The molecule has 0 aromatic heterocycles. The number of esters is 2. The second kappa shape index (κ2) is 10.2. The first kappa shape index (κ1) is 28.4. The number of nitrogens with zero attached hydrogens (tertiary/aromatic N) is 1. The highest BCUT2D eigenvalue weighted by Crippen LogP contribution is 2.63. The first-order valence-corrected chi connectivity index (χ1v) is 12.9. The number of methoxy groups -OCH3 is 1. The van der Waals surface area contributed by atoms with Crippen molar-refractivity contribution in [2.75, 3.05) is 33.9 Å². The van der Waals surface area contributed by atoms with Gasteiger partial charge in [0, 0.05) is 50.2 Å². The van der Waals surface area contributed by atoms with E-state index >= 15 is 0 Å². The molecule has 1 aliphatic heterocycles. The lowest BCUT2D eigenvalue weighted by Crippen LogP contribution is -2.63. The van der Waals surface area contributed by atoms with E-state index < -0.39 is 77.2 Å². The van der Waals surface area contributed by atoms with Gasteiger partial charge in [-0.05, 0) is 30.8 Å². The Bertz CT molecular complexity index is 1100. The molecule has 0 radical (unpaired) electrons. The lowest BCUT2D eigenvalue weighted by atomic mass is 9.50. The van der Waals surface area contributed by atoms with Crippen LogP contribution in [0.25, 0.3) is 0 Å². The van der Waals surface area contributed by atoms with Crippen LogP contribution in [0.1, 0.15) is 40.0 Å². The molecule has 210 valence electrons. The fourth-order valence-corrected chi connectivity index (χ4v) is 7.17. The molecule has 1 heterocycles. The van der Waals surface area contributed by atoms with Crippen LogP contribution < -0.4 is 0 Å². The van der Waals surface area contributed by atoms with Crippen molar-refractivity contribution >= 4 is 23.5 Å². The number of Topliss-reactive ketones (excluding diaryl/α,β-unsaturated/α-hetero) is 2. The fraction of sp³-hybridized carbons (Fsp3) is 0.704. The van der Waals surface area contributed by atoms with Gasteiger partial charge in [-0.2, -0.15) is 0 Å². The quantitative estimate of drug-likeness (QED) is 0.227. The average molecular weight is 536 g/mol. The van der Waals surface area contributed by atoms with E-state index in [-0.39, 0.29) is 30.7 Å². The van der Waals surface area contributed by atoms with E-state index in [1.54, 1.807) is 14.0 Å².